The Morgan fingerprint density at radius 1 is 1.30 bits per heavy atom. The first-order chi connectivity index (χ1) is 14.4. The fraction of sp³-hybridized carbons (Fsp3) is 0.500. The number of aromatic nitrogens is 5. The topological polar surface area (TPSA) is 116 Å². The van der Waals surface area contributed by atoms with Crippen molar-refractivity contribution in [3.05, 3.63) is 39.1 Å². The van der Waals surface area contributed by atoms with E-state index in [0.29, 0.717) is 29.0 Å². The highest BCUT2D eigenvalue weighted by Crippen LogP contribution is 2.19. The van der Waals surface area contributed by atoms with Gasteiger partial charge in [0.15, 0.2) is 0 Å². The quantitative estimate of drug-likeness (QED) is 0.554. The zero-order chi connectivity index (χ0) is 21.7. The van der Waals surface area contributed by atoms with Gasteiger partial charge in [-0.15, -0.1) is 10.2 Å². The summed E-state index contributed by atoms with van der Waals surface area (Å²) in [5.41, 5.74) is 1.13. The van der Waals surface area contributed by atoms with Crippen molar-refractivity contribution in [3.63, 3.8) is 0 Å². The minimum Gasteiger partial charge on any atom is -0.339 e. The predicted octanol–water partition coefficient (Wildman–Crippen LogP) is 3.24. The molecule has 0 aliphatic heterocycles. The van der Waals surface area contributed by atoms with Crippen LogP contribution in [0.1, 0.15) is 50.2 Å². The molecule has 0 aromatic carbocycles. The smallest absolute Gasteiger partial charge is 0.261 e. The molecule has 0 spiro atoms. The maximum absolute atomic E-state index is 12.7. The molecule has 30 heavy (non-hydrogen) atoms. The van der Waals surface area contributed by atoms with Crippen molar-refractivity contribution in [1.29, 1.82) is 0 Å². The minimum absolute atomic E-state index is 0.143. The molecular formula is C20H26N6O3S. The Labute approximate surface area is 178 Å². The largest absolute Gasteiger partial charge is 0.339 e. The van der Waals surface area contributed by atoms with E-state index in [1.165, 1.54) is 11.3 Å². The zero-order valence-electron chi connectivity index (χ0n) is 17.6. The van der Waals surface area contributed by atoms with Crippen LogP contribution in [0.4, 0.5) is 5.13 Å². The summed E-state index contributed by atoms with van der Waals surface area (Å²) in [4.78, 5) is 29.2. The fourth-order valence-electron chi connectivity index (χ4n) is 2.95. The fourth-order valence-corrected chi connectivity index (χ4v) is 3.91. The average Bonchev–Trinajstić information content (AvgIpc) is 3.32. The van der Waals surface area contributed by atoms with Crippen LogP contribution in [0.25, 0.3) is 11.4 Å². The third-order valence-electron chi connectivity index (χ3n) is 4.41. The lowest BCUT2D eigenvalue weighted by atomic mass is 10.1. The third-order valence-corrected chi connectivity index (χ3v) is 5.27. The molecule has 0 radical (unpaired) electrons. The number of aryl methyl sites for hydroxylation is 2. The van der Waals surface area contributed by atoms with Crippen LogP contribution in [-0.2, 0) is 24.2 Å². The monoisotopic (exact) mass is 430 g/mol. The van der Waals surface area contributed by atoms with Gasteiger partial charge in [0.2, 0.25) is 22.8 Å². The number of hydrogen-bond acceptors (Lipinski definition) is 8. The molecule has 0 bridgehead atoms. The molecule has 160 valence electrons. The van der Waals surface area contributed by atoms with Crippen LogP contribution in [-0.4, -0.2) is 30.8 Å². The predicted molar refractivity (Wildman–Crippen MR) is 114 cm³/mol. The Kier molecular flexibility index (Phi) is 7.09. The summed E-state index contributed by atoms with van der Waals surface area (Å²) in [6, 6.07) is 3.57. The lowest BCUT2D eigenvalue weighted by molar-refractivity contribution is -0.116. The molecule has 0 unspecified atom stereocenters. The Morgan fingerprint density at radius 2 is 2.10 bits per heavy atom. The van der Waals surface area contributed by atoms with Gasteiger partial charge < -0.3 is 14.4 Å². The molecule has 3 aromatic heterocycles. The van der Waals surface area contributed by atoms with E-state index in [9.17, 15) is 9.59 Å². The summed E-state index contributed by atoms with van der Waals surface area (Å²) in [6.45, 7) is 8.75. The van der Waals surface area contributed by atoms with Gasteiger partial charge in [-0.1, -0.05) is 37.3 Å². The third kappa shape index (κ3) is 5.38. The van der Waals surface area contributed by atoms with E-state index >= 15 is 0 Å². The van der Waals surface area contributed by atoms with Gasteiger partial charge in [0.25, 0.3) is 5.56 Å². The van der Waals surface area contributed by atoms with Gasteiger partial charge >= 0.3 is 0 Å². The second-order valence-electron chi connectivity index (χ2n) is 7.50. The first-order valence-electron chi connectivity index (χ1n) is 10.0. The Bertz CT molecular complexity index is 1070. The number of anilines is 1. The molecular weight excluding hydrogens is 404 g/mol. The summed E-state index contributed by atoms with van der Waals surface area (Å²) < 4.78 is 6.94. The average molecular weight is 431 g/mol. The number of nitrogens with one attached hydrogen (secondary N) is 1. The minimum atomic E-state index is -0.206. The SMILES string of the molecule is CCCn1c(C)ccc(-c2noc(CCC(=O)Nc3nnc(CC(C)C)s3)n2)c1=O. The van der Waals surface area contributed by atoms with Crippen molar-refractivity contribution in [2.45, 2.75) is 59.9 Å². The Balaban J connectivity index is 1.61. The van der Waals surface area contributed by atoms with E-state index in [0.717, 1.165) is 23.5 Å². The normalized spacial score (nSPS) is 11.2. The van der Waals surface area contributed by atoms with E-state index in [4.69, 9.17) is 4.52 Å². The van der Waals surface area contributed by atoms with E-state index < -0.39 is 0 Å². The van der Waals surface area contributed by atoms with Crippen LogP contribution in [0.5, 0.6) is 0 Å². The van der Waals surface area contributed by atoms with Crippen LogP contribution in [0.15, 0.2) is 21.5 Å². The van der Waals surface area contributed by atoms with E-state index in [-0.39, 0.29) is 30.1 Å². The van der Waals surface area contributed by atoms with Crippen molar-refractivity contribution in [1.82, 2.24) is 24.9 Å². The van der Waals surface area contributed by atoms with Crippen molar-refractivity contribution < 1.29 is 9.32 Å². The van der Waals surface area contributed by atoms with Gasteiger partial charge in [-0.25, -0.2) is 0 Å². The summed E-state index contributed by atoms with van der Waals surface area (Å²) in [6.07, 6.45) is 2.11. The van der Waals surface area contributed by atoms with Crippen LogP contribution >= 0.6 is 11.3 Å². The van der Waals surface area contributed by atoms with Gasteiger partial charge in [-0.05, 0) is 31.4 Å². The molecule has 1 N–H and O–H groups in total. The molecule has 0 atom stereocenters. The second kappa shape index (κ2) is 9.75. The van der Waals surface area contributed by atoms with E-state index in [2.05, 4.69) is 39.5 Å². The molecule has 0 fully saturated rings. The summed E-state index contributed by atoms with van der Waals surface area (Å²) in [5.74, 6) is 0.818. The van der Waals surface area contributed by atoms with Gasteiger partial charge in [0, 0.05) is 31.5 Å². The van der Waals surface area contributed by atoms with Gasteiger partial charge in [-0.3, -0.25) is 9.59 Å². The van der Waals surface area contributed by atoms with Crippen LogP contribution in [0.2, 0.25) is 0 Å². The van der Waals surface area contributed by atoms with Crippen LogP contribution in [0, 0.1) is 12.8 Å². The number of carbonyl (C=O) groups excluding carboxylic acids is 1. The molecule has 3 heterocycles. The Morgan fingerprint density at radius 3 is 2.83 bits per heavy atom. The molecule has 1 amide bonds. The van der Waals surface area contributed by atoms with Crippen molar-refractivity contribution in [3.8, 4) is 11.4 Å². The van der Waals surface area contributed by atoms with Crippen LogP contribution in [0.3, 0.4) is 0 Å². The van der Waals surface area contributed by atoms with Gasteiger partial charge in [0.1, 0.15) is 5.01 Å². The number of hydrogen-bond donors (Lipinski definition) is 1. The standard InChI is InChI=1S/C20H26N6O3S/c1-5-10-26-13(4)6-7-14(19(26)28)18-22-16(29-25-18)9-8-15(27)21-20-24-23-17(30-20)11-12(2)3/h6-7,12H,5,8-11H2,1-4H3,(H,21,24,27). The van der Waals surface area contributed by atoms with Crippen molar-refractivity contribution in [2.75, 3.05) is 5.32 Å². The first-order valence-corrected chi connectivity index (χ1v) is 10.8. The van der Waals surface area contributed by atoms with Gasteiger partial charge in [-0.2, -0.15) is 4.98 Å². The summed E-state index contributed by atoms with van der Waals surface area (Å²) in [7, 11) is 0. The highest BCUT2D eigenvalue weighted by atomic mass is 32.1. The molecule has 3 aromatic rings. The lowest BCUT2D eigenvalue weighted by Crippen LogP contribution is -2.23. The maximum atomic E-state index is 12.7. The van der Waals surface area contributed by atoms with Crippen molar-refractivity contribution in [2.24, 2.45) is 5.92 Å². The number of pyridine rings is 1. The number of carbonyl (C=O) groups is 1. The summed E-state index contributed by atoms with van der Waals surface area (Å²) in [5, 5.41) is 16.1. The second-order valence-corrected chi connectivity index (χ2v) is 8.57. The molecule has 10 heteroatoms. The molecule has 9 nitrogen and oxygen atoms in total. The molecule has 0 aliphatic rings. The summed E-state index contributed by atoms with van der Waals surface area (Å²) >= 11 is 1.38. The number of amides is 1. The molecule has 3 rings (SSSR count). The zero-order valence-corrected chi connectivity index (χ0v) is 18.5. The van der Waals surface area contributed by atoms with Gasteiger partial charge in [0.05, 0.1) is 5.56 Å². The molecule has 0 saturated heterocycles. The van der Waals surface area contributed by atoms with E-state index in [1.54, 1.807) is 10.6 Å². The maximum Gasteiger partial charge on any atom is 0.261 e. The molecule has 0 saturated carbocycles. The highest BCUT2D eigenvalue weighted by molar-refractivity contribution is 7.15. The first kappa shape index (κ1) is 21.8. The highest BCUT2D eigenvalue weighted by Gasteiger charge is 2.16. The van der Waals surface area contributed by atoms with Crippen LogP contribution < -0.4 is 10.9 Å². The van der Waals surface area contributed by atoms with E-state index in [1.807, 2.05) is 19.9 Å². The number of nitrogens with zero attached hydrogens (tertiary/aromatic N) is 5. The van der Waals surface area contributed by atoms with Crippen molar-refractivity contribution >= 4 is 22.4 Å². The number of rotatable bonds is 9. The Hall–Kier alpha value is -2.88. The molecule has 0 aliphatic carbocycles. The lowest BCUT2D eigenvalue weighted by Gasteiger charge is -2.09.